The lowest BCUT2D eigenvalue weighted by atomic mass is 10.1. The van der Waals surface area contributed by atoms with Crippen molar-refractivity contribution in [2.75, 3.05) is 5.88 Å². The molecule has 0 amide bonds. The van der Waals surface area contributed by atoms with Gasteiger partial charge in [0.2, 0.25) is 0 Å². The van der Waals surface area contributed by atoms with Crippen LogP contribution in [-0.4, -0.2) is 11.7 Å². The molecule has 0 heterocycles. The lowest BCUT2D eigenvalue weighted by molar-refractivity contribution is -0.118. The van der Waals surface area contributed by atoms with Crippen molar-refractivity contribution in [1.82, 2.24) is 0 Å². The third-order valence-corrected chi connectivity index (χ3v) is 2.69. The third-order valence-electron chi connectivity index (χ3n) is 1.76. The summed E-state index contributed by atoms with van der Waals surface area (Å²) in [5.74, 6) is 0.471. The summed E-state index contributed by atoms with van der Waals surface area (Å²) in [5, 5.41) is 0.975. The van der Waals surface area contributed by atoms with Crippen molar-refractivity contribution >= 4 is 40.6 Å². The van der Waals surface area contributed by atoms with Gasteiger partial charge in [-0.2, -0.15) is 0 Å². The van der Waals surface area contributed by atoms with Gasteiger partial charge < -0.3 is 0 Å². The second-order valence-electron chi connectivity index (χ2n) is 2.90. The van der Waals surface area contributed by atoms with Crippen LogP contribution in [-0.2, 0) is 11.2 Å². The van der Waals surface area contributed by atoms with Gasteiger partial charge in [-0.1, -0.05) is 29.3 Å². The van der Waals surface area contributed by atoms with Gasteiger partial charge in [0.15, 0.2) is 0 Å². The Morgan fingerprint density at radius 2 is 1.93 bits per heavy atom. The van der Waals surface area contributed by atoms with Gasteiger partial charge in [-0.25, -0.2) is 0 Å². The van der Waals surface area contributed by atoms with Gasteiger partial charge in [-0.3, -0.25) is 4.79 Å². The molecule has 0 fully saturated rings. The highest BCUT2D eigenvalue weighted by Gasteiger charge is 2.04. The van der Waals surface area contributed by atoms with Crippen LogP contribution in [0.5, 0.6) is 0 Å². The summed E-state index contributed by atoms with van der Waals surface area (Å²) in [5.41, 5.74) is 0.870. The molecule has 0 spiro atoms. The van der Waals surface area contributed by atoms with Crippen molar-refractivity contribution in [2.45, 2.75) is 12.8 Å². The second-order valence-corrected chi connectivity index (χ2v) is 4.10. The fraction of sp³-hybridized carbons (Fsp3) is 0.300. The molecule has 0 atom stereocenters. The highest BCUT2D eigenvalue weighted by Crippen LogP contribution is 2.22. The molecule has 0 aliphatic heterocycles. The zero-order valence-electron chi connectivity index (χ0n) is 7.40. The SMILES string of the molecule is O=C(CCCl)Cc1ccc(Cl)c(Cl)c1. The molecular weight excluding hydrogens is 242 g/mol. The topological polar surface area (TPSA) is 17.1 Å². The highest BCUT2D eigenvalue weighted by atomic mass is 35.5. The first kappa shape index (κ1) is 11.8. The minimum atomic E-state index is 0.110. The number of hydrogen-bond acceptors (Lipinski definition) is 1. The molecule has 1 nitrogen and oxygen atoms in total. The Labute approximate surface area is 98.0 Å². The van der Waals surface area contributed by atoms with Crippen molar-refractivity contribution in [3.05, 3.63) is 33.8 Å². The number of Topliss-reactive ketones (excluding diaryl/α,β-unsaturated/α-hetero) is 1. The van der Waals surface area contributed by atoms with E-state index in [1.807, 2.05) is 0 Å². The van der Waals surface area contributed by atoms with Crippen LogP contribution in [0.3, 0.4) is 0 Å². The number of alkyl halides is 1. The molecule has 4 heteroatoms. The highest BCUT2D eigenvalue weighted by molar-refractivity contribution is 6.42. The second kappa shape index (κ2) is 5.59. The average molecular weight is 252 g/mol. The van der Waals surface area contributed by atoms with Crippen molar-refractivity contribution in [3.8, 4) is 0 Å². The molecule has 0 aliphatic carbocycles. The molecule has 0 saturated heterocycles. The summed E-state index contributed by atoms with van der Waals surface area (Å²) in [4.78, 5) is 11.2. The molecule has 0 N–H and O–H groups in total. The lowest BCUT2D eigenvalue weighted by Gasteiger charge is -2.01. The fourth-order valence-electron chi connectivity index (χ4n) is 1.07. The standard InChI is InChI=1S/C10H9Cl3O/c11-4-3-8(14)5-7-1-2-9(12)10(13)6-7/h1-2,6H,3-5H2. The van der Waals surface area contributed by atoms with E-state index in [1.54, 1.807) is 18.2 Å². The Balaban J connectivity index is 2.68. The first-order valence-electron chi connectivity index (χ1n) is 4.15. The van der Waals surface area contributed by atoms with Gasteiger partial charge >= 0.3 is 0 Å². The first-order chi connectivity index (χ1) is 6.63. The van der Waals surface area contributed by atoms with Crippen molar-refractivity contribution in [3.63, 3.8) is 0 Å². The zero-order chi connectivity index (χ0) is 10.6. The Hall–Kier alpha value is -0.240. The molecule has 76 valence electrons. The molecule has 0 aliphatic rings. The van der Waals surface area contributed by atoms with Crippen LogP contribution in [0.1, 0.15) is 12.0 Å². The van der Waals surface area contributed by atoms with Gasteiger partial charge in [-0.05, 0) is 17.7 Å². The third kappa shape index (κ3) is 3.49. The van der Waals surface area contributed by atoms with E-state index >= 15 is 0 Å². The summed E-state index contributed by atoms with van der Waals surface area (Å²) >= 11 is 17.0. The predicted octanol–water partition coefficient (Wildman–Crippen LogP) is 3.73. The number of carbonyl (C=O) groups excluding carboxylic acids is 1. The Kier molecular flexibility index (Phi) is 4.73. The van der Waals surface area contributed by atoms with E-state index in [4.69, 9.17) is 34.8 Å². The average Bonchev–Trinajstić information content (AvgIpc) is 2.12. The molecule has 14 heavy (non-hydrogen) atoms. The molecule has 1 aromatic rings. The number of hydrogen-bond donors (Lipinski definition) is 0. The largest absolute Gasteiger partial charge is 0.299 e. The quantitative estimate of drug-likeness (QED) is 0.745. The smallest absolute Gasteiger partial charge is 0.138 e. The number of ketones is 1. The van der Waals surface area contributed by atoms with Crippen LogP contribution < -0.4 is 0 Å². The summed E-state index contributed by atoms with van der Waals surface area (Å²) < 4.78 is 0. The minimum Gasteiger partial charge on any atom is -0.299 e. The summed E-state index contributed by atoms with van der Waals surface area (Å²) in [6.07, 6.45) is 0.755. The first-order valence-corrected chi connectivity index (χ1v) is 5.44. The summed E-state index contributed by atoms with van der Waals surface area (Å²) in [6.45, 7) is 0. The van der Waals surface area contributed by atoms with Crippen LogP contribution in [0.4, 0.5) is 0 Å². The minimum absolute atomic E-state index is 0.110. The summed E-state index contributed by atoms with van der Waals surface area (Å²) in [6, 6.07) is 5.18. The van der Waals surface area contributed by atoms with Crippen LogP contribution in [0, 0.1) is 0 Å². The maximum Gasteiger partial charge on any atom is 0.138 e. The van der Waals surface area contributed by atoms with E-state index in [0.717, 1.165) is 5.56 Å². The van der Waals surface area contributed by atoms with Crippen LogP contribution >= 0.6 is 34.8 Å². The number of carbonyl (C=O) groups is 1. The number of benzene rings is 1. The zero-order valence-corrected chi connectivity index (χ0v) is 9.66. The van der Waals surface area contributed by atoms with E-state index < -0.39 is 0 Å². The lowest BCUT2D eigenvalue weighted by Crippen LogP contribution is -2.02. The Bertz CT molecular complexity index is 336. The van der Waals surface area contributed by atoms with Crippen LogP contribution in [0.15, 0.2) is 18.2 Å². The van der Waals surface area contributed by atoms with Crippen molar-refractivity contribution in [1.29, 1.82) is 0 Å². The van der Waals surface area contributed by atoms with Gasteiger partial charge in [-0.15, -0.1) is 11.6 Å². The molecule has 0 radical (unpaired) electrons. The van der Waals surface area contributed by atoms with Crippen molar-refractivity contribution < 1.29 is 4.79 Å². The van der Waals surface area contributed by atoms with E-state index in [2.05, 4.69) is 0 Å². The van der Waals surface area contributed by atoms with Crippen molar-refractivity contribution in [2.24, 2.45) is 0 Å². The van der Waals surface area contributed by atoms with Crippen LogP contribution in [0.25, 0.3) is 0 Å². The normalized spacial score (nSPS) is 10.2. The Morgan fingerprint density at radius 3 is 2.50 bits per heavy atom. The molecule has 0 bridgehead atoms. The molecule has 0 saturated carbocycles. The summed E-state index contributed by atoms with van der Waals surface area (Å²) in [7, 11) is 0. The molecule has 1 aromatic carbocycles. The molecule has 1 rings (SSSR count). The van der Waals surface area contributed by atoms with Gasteiger partial charge in [0.25, 0.3) is 0 Å². The van der Waals surface area contributed by atoms with Gasteiger partial charge in [0.05, 0.1) is 10.0 Å². The fourth-order valence-corrected chi connectivity index (χ4v) is 1.60. The van der Waals surface area contributed by atoms with E-state index in [0.29, 0.717) is 28.8 Å². The van der Waals surface area contributed by atoms with E-state index in [9.17, 15) is 4.79 Å². The van der Waals surface area contributed by atoms with Gasteiger partial charge in [0.1, 0.15) is 5.78 Å². The Morgan fingerprint density at radius 1 is 1.21 bits per heavy atom. The maximum absolute atomic E-state index is 11.2. The monoisotopic (exact) mass is 250 g/mol. The molecule has 0 unspecified atom stereocenters. The van der Waals surface area contributed by atoms with E-state index in [1.165, 1.54) is 0 Å². The van der Waals surface area contributed by atoms with E-state index in [-0.39, 0.29) is 5.78 Å². The molecule has 0 aromatic heterocycles. The maximum atomic E-state index is 11.2. The number of rotatable bonds is 4. The predicted molar refractivity (Wildman–Crippen MR) is 60.5 cm³/mol. The van der Waals surface area contributed by atoms with Gasteiger partial charge in [0, 0.05) is 18.7 Å². The van der Waals surface area contributed by atoms with Crippen LogP contribution in [0.2, 0.25) is 10.0 Å². The molecular formula is C10H9Cl3O. The number of halogens is 3.